The van der Waals surface area contributed by atoms with Gasteiger partial charge in [0.15, 0.2) is 5.75 Å². The summed E-state index contributed by atoms with van der Waals surface area (Å²) in [6.07, 6.45) is -1.33. The Kier molecular flexibility index (Phi) is 7.98. The van der Waals surface area contributed by atoms with Crippen LogP contribution >= 0.6 is 0 Å². The zero-order valence-corrected chi connectivity index (χ0v) is 20.6. The highest BCUT2D eigenvalue weighted by Gasteiger charge is 2.33. The highest BCUT2D eigenvalue weighted by Crippen LogP contribution is 2.31. The number of halogens is 5. The van der Waals surface area contributed by atoms with Gasteiger partial charge < -0.3 is 9.74 Å². The molecule has 0 unspecified atom stereocenters. The second-order valence-corrected chi connectivity index (χ2v) is 8.89. The number of hydrogen-bond acceptors (Lipinski definition) is 6. The number of benzene rings is 1. The molecular formula is C26H24F5N5O2. The van der Waals surface area contributed by atoms with Gasteiger partial charge in [-0.05, 0) is 38.8 Å². The lowest BCUT2D eigenvalue weighted by atomic mass is 9.89. The highest BCUT2D eigenvalue weighted by molar-refractivity contribution is 5.99. The first-order valence-electron chi connectivity index (χ1n) is 11.8. The van der Waals surface area contributed by atoms with Crippen LogP contribution in [0.15, 0.2) is 47.9 Å². The monoisotopic (exact) mass is 533 g/mol. The fraction of sp³-hybridized carbons (Fsp3) is 0.346. The summed E-state index contributed by atoms with van der Waals surface area (Å²) in [6, 6.07) is 5.50. The normalized spacial score (nSPS) is 15.0. The maximum Gasteiger partial charge on any atom is 0.433 e. The molecule has 2 aromatic heterocycles. The number of piperidine rings is 1. The molecule has 1 saturated heterocycles. The van der Waals surface area contributed by atoms with Crippen LogP contribution in [0, 0.1) is 18.6 Å². The van der Waals surface area contributed by atoms with E-state index in [0.717, 1.165) is 24.4 Å². The minimum absolute atomic E-state index is 0.0659. The van der Waals surface area contributed by atoms with Gasteiger partial charge in [0.1, 0.15) is 23.2 Å². The zero-order valence-electron chi connectivity index (χ0n) is 20.6. The van der Waals surface area contributed by atoms with Crippen molar-refractivity contribution >= 4 is 11.6 Å². The minimum atomic E-state index is -4.62. The second kappa shape index (κ2) is 11.2. The number of rotatable bonds is 6. The van der Waals surface area contributed by atoms with E-state index in [1.807, 2.05) is 0 Å². The van der Waals surface area contributed by atoms with Gasteiger partial charge in [0.25, 0.3) is 0 Å². The van der Waals surface area contributed by atoms with Crippen molar-refractivity contribution in [3.8, 4) is 5.75 Å². The standard InChI is InChI=1S/C26H24F5N5O2/c1-15(35-38-18-6-9-32-23(12-18)26(29,30)31)20-14-33-16(2)34-25(20)17-7-10-36(11-8-17)24(37)13-19-21(27)4-3-5-22(19)28/h3-6,9,12,14,17H,7-8,10-11,13H2,1-2H3. The van der Waals surface area contributed by atoms with Crippen LogP contribution in [0.3, 0.4) is 0 Å². The molecule has 4 rings (SSSR count). The summed E-state index contributed by atoms with van der Waals surface area (Å²) >= 11 is 0. The van der Waals surface area contributed by atoms with E-state index in [1.165, 1.54) is 12.1 Å². The van der Waals surface area contributed by atoms with Crippen molar-refractivity contribution in [1.29, 1.82) is 0 Å². The van der Waals surface area contributed by atoms with Crippen molar-refractivity contribution in [2.75, 3.05) is 13.1 Å². The number of aryl methyl sites for hydroxylation is 1. The lowest BCUT2D eigenvalue weighted by molar-refractivity contribution is -0.141. The first-order chi connectivity index (χ1) is 18.0. The predicted molar refractivity (Wildman–Crippen MR) is 127 cm³/mol. The molecular weight excluding hydrogens is 509 g/mol. The van der Waals surface area contributed by atoms with Gasteiger partial charge in [0.2, 0.25) is 5.91 Å². The molecule has 0 spiro atoms. The first-order valence-corrected chi connectivity index (χ1v) is 11.8. The van der Waals surface area contributed by atoms with Crippen LogP contribution in [0.4, 0.5) is 22.0 Å². The molecule has 1 amide bonds. The van der Waals surface area contributed by atoms with Crippen LogP contribution in [-0.4, -0.2) is 44.6 Å². The Hall–Kier alpha value is -3.96. The lowest BCUT2D eigenvalue weighted by Gasteiger charge is -2.32. The van der Waals surface area contributed by atoms with Gasteiger partial charge in [-0.25, -0.2) is 18.7 Å². The zero-order chi connectivity index (χ0) is 27.4. The average Bonchev–Trinajstić information content (AvgIpc) is 2.89. The second-order valence-electron chi connectivity index (χ2n) is 8.89. The molecule has 0 N–H and O–H groups in total. The minimum Gasteiger partial charge on any atom is -0.357 e. The largest absolute Gasteiger partial charge is 0.433 e. The number of oxime groups is 1. The summed E-state index contributed by atoms with van der Waals surface area (Å²) < 4.78 is 66.7. The van der Waals surface area contributed by atoms with Crippen LogP contribution in [0.1, 0.15) is 54.0 Å². The van der Waals surface area contributed by atoms with Crippen molar-refractivity contribution in [2.24, 2.45) is 5.16 Å². The van der Waals surface area contributed by atoms with Gasteiger partial charge in [0, 0.05) is 54.7 Å². The van der Waals surface area contributed by atoms with Crippen LogP contribution in [-0.2, 0) is 17.4 Å². The van der Waals surface area contributed by atoms with Gasteiger partial charge in [-0.1, -0.05) is 11.2 Å². The molecule has 0 aliphatic carbocycles. The molecule has 38 heavy (non-hydrogen) atoms. The van der Waals surface area contributed by atoms with E-state index >= 15 is 0 Å². The molecule has 7 nitrogen and oxygen atoms in total. The molecule has 1 aromatic carbocycles. The van der Waals surface area contributed by atoms with Crippen molar-refractivity contribution in [3.63, 3.8) is 0 Å². The number of amides is 1. The summed E-state index contributed by atoms with van der Waals surface area (Å²) in [7, 11) is 0. The SMILES string of the molecule is CC(=NOc1ccnc(C(F)(F)F)c1)c1cnc(C)nc1C1CCN(C(=O)Cc2c(F)cccc2F)CC1. The van der Waals surface area contributed by atoms with Crippen molar-refractivity contribution in [1.82, 2.24) is 19.9 Å². The fourth-order valence-corrected chi connectivity index (χ4v) is 4.24. The van der Waals surface area contributed by atoms with Crippen LogP contribution in [0.25, 0.3) is 0 Å². The van der Waals surface area contributed by atoms with Crippen LogP contribution < -0.4 is 4.84 Å². The highest BCUT2D eigenvalue weighted by atomic mass is 19.4. The van der Waals surface area contributed by atoms with Crippen LogP contribution in [0.2, 0.25) is 0 Å². The van der Waals surface area contributed by atoms with Crippen molar-refractivity contribution in [2.45, 2.75) is 45.2 Å². The maximum absolute atomic E-state index is 14.0. The van der Waals surface area contributed by atoms with Gasteiger partial charge in [-0.2, -0.15) is 13.2 Å². The number of nitrogens with zero attached hydrogens (tertiary/aromatic N) is 5. The predicted octanol–water partition coefficient (Wildman–Crippen LogP) is 5.23. The number of likely N-dealkylation sites (tertiary alicyclic amines) is 1. The van der Waals surface area contributed by atoms with E-state index in [0.29, 0.717) is 48.7 Å². The third-order valence-corrected chi connectivity index (χ3v) is 6.26. The Morgan fingerprint density at radius 2 is 1.82 bits per heavy atom. The average molecular weight is 534 g/mol. The summed E-state index contributed by atoms with van der Waals surface area (Å²) in [5, 5.41) is 3.99. The van der Waals surface area contributed by atoms with E-state index in [4.69, 9.17) is 4.84 Å². The smallest absolute Gasteiger partial charge is 0.357 e. The Balaban J connectivity index is 1.46. The molecule has 3 aromatic rings. The van der Waals surface area contributed by atoms with Gasteiger partial charge >= 0.3 is 6.18 Å². The molecule has 0 bridgehead atoms. The quantitative estimate of drug-likeness (QED) is 0.246. The summed E-state index contributed by atoms with van der Waals surface area (Å²) in [5.41, 5.74) is 0.260. The Morgan fingerprint density at radius 3 is 2.47 bits per heavy atom. The molecule has 200 valence electrons. The van der Waals surface area contributed by atoms with E-state index < -0.39 is 23.5 Å². The third-order valence-electron chi connectivity index (χ3n) is 6.26. The van der Waals surface area contributed by atoms with E-state index in [2.05, 4.69) is 20.1 Å². The topological polar surface area (TPSA) is 80.6 Å². The Bertz CT molecular complexity index is 1330. The number of alkyl halides is 3. The number of hydrogen-bond donors (Lipinski definition) is 0. The first kappa shape index (κ1) is 27.1. The van der Waals surface area contributed by atoms with Gasteiger partial charge in [0.05, 0.1) is 17.8 Å². The molecule has 1 aliphatic heterocycles. The van der Waals surface area contributed by atoms with Crippen molar-refractivity contribution in [3.05, 3.63) is 82.7 Å². The molecule has 12 heteroatoms. The molecule has 0 saturated carbocycles. The Labute approximate surface area is 215 Å². The molecule has 1 aliphatic rings. The maximum atomic E-state index is 14.0. The fourth-order valence-electron chi connectivity index (χ4n) is 4.24. The summed E-state index contributed by atoms with van der Waals surface area (Å²) in [4.78, 5) is 31.6. The van der Waals surface area contributed by atoms with E-state index in [9.17, 15) is 26.7 Å². The number of carbonyl (C=O) groups is 1. The van der Waals surface area contributed by atoms with E-state index in [1.54, 1.807) is 24.9 Å². The van der Waals surface area contributed by atoms with Crippen molar-refractivity contribution < 1.29 is 31.6 Å². The van der Waals surface area contributed by atoms with Crippen LogP contribution in [0.5, 0.6) is 5.75 Å². The number of pyridine rings is 1. The number of carbonyl (C=O) groups excluding carboxylic acids is 1. The lowest BCUT2D eigenvalue weighted by Crippen LogP contribution is -2.39. The molecule has 1 fully saturated rings. The summed E-state index contributed by atoms with van der Waals surface area (Å²) in [5.74, 6) is -1.55. The summed E-state index contributed by atoms with van der Waals surface area (Å²) in [6.45, 7) is 4.09. The number of aromatic nitrogens is 3. The molecule has 0 radical (unpaired) electrons. The third kappa shape index (κ3) is 6.29. The molecule has 3 heterocycles. The van der Waals surface area contributed by atoms with Gasteiger partial charge in [-0.3, -0.25) is 9.78 Å². The Morgan fingerprint density at radius 1 is 1.13 bits per heavy atom. The van der Waals surface area contributed by atoms with E-state index in [-0.39, 0.29) is 29.6 Å². The molecule has 0 atom stereocenters. The van der Waals surface area contributed by atoms with Gasteiger partial charge in [-0.15, -0.1) is 0 Å².